The Balaban J connectivity index is 0.000000171. The summed E-state index contributed by atoms with van der Waals surface area (Å²) in [4.78, 5) is 8.88. The van der Waals surface area contributed by atoms with Crippen LogP contribution in [0.1, 0.15) is 22.8 Å². The molecule has 0 amide bonds. The van der Waals surface area contributed by atoms with Gasteiger partial charge in [-0.05, 0) is 31.5 Å². The van der Waals surface area contributed by atoms with E-state index in [1.54, 1.807) is 12.1 Å². The molecule has 0 radical (unpaired) electrons. The Morgan fingerprint density at radius 3 is 1.57 bits per heavy atom. The third kappa shape index (κ3) is 4.83. The number of nitriles is 1. The number of benzene rings is 2. The van der Waals surface area contributed by atoms with Crippen molar-refractivity contribution in [1.29, 1.82) is 5.26 Å². The van der Waals surface area contributed by atoms with E-state index in [4.69, 9.17) is 11.0 Å². The molecule has 0 saturated carbocycles. The number of aromatic nitrogens is 4. The average molecular weight is 399 g/mol. The summed E-state index contributed by atoms with van der Waals surface area (Å²) in [5, 5.41) is 8.68. The maximum Gasteiger partial charge on any atom is 0.105 e. The topological polar surface area (TPSA) is 85.4 Å². The van der Waals surface area contributed by atoms with E-state index < -0.39 is 0 Å². The quantitative estimate of drug-likeness (QED) is 0.562. The van der Waals surface area contributed by atoms with Crippen molar-refractivity contribution >= 4 is 0 Å². The highest BCUT2D eigenvalue weighted by Crippen LogP contribution is 2.19. The van der Waals surface area contributed by atoms with Gasteiger partial charge < -0.3 is 14.9 Å². The van der Waals surface area contributed by atoms with Crippen molar-refractivity contribution in [3.05, 3.63) is 83.7 Å². The fraction of sp³-hybridized carbons (Fsp3) is 0.208. The van der Waals surface area contributed by atoms with E-state index in [1.165, 1.54) is 0 Å². The maximum atomic E-state index is 8.68. The second kappa shape index (κ2) is 9.21. The summed E-state index contributed by atoms with van der Waals surface area (Å²) in [7, 11) is 3.97. The molecule has 0 aliphatic heterocycles. The highest BCUT2D eigenvalue weighted by Gasteiger charge is 2.04. The number of hydrogen-bond acceptors (Lipinski definition) is 4. The molecular weight excluding hydrogens is 372 g/mol. The van der Waals surface area contributed by atoms with Crippen molar-refractivity contribution in [1.82, 2.24) is 19.1 Å². The van der Waals surface area contributed by atoms with Crippen LogP contribution in [0.5, 0.6) is 0 Å². The van der Waals surface area contributed by atoms with E-state index in [2.05, 4.69) is 28.2 Å². The molecule has 6 heteroatoms. The lowest BCUT2D eigenvalue weighted by atomic mass is 10.1. The summed E-state index contributed by atoms with van der Waals surface area (Å²) < 4.78 is 4.00. The number of aryl methyl sites for hydroxylation is 4. The van der Waals surface area contributed by atoms with Gasteiger partial charge in [0, 0.05) is 44.2 Å². The van der Waals surface area contributed by atoms with Gasteiger partial charge in [0.1, 0.15) is 11.6 Å². The number of hydrogen-bond donors (Lipinski definition) is 1. The van der Waals surface area contributed by atoms with Crippen LogP contribution in [0, 0.1) is 25.2 Å². The molecule has 2 heterocycles. The molecule has 0 saturated heterocycles. The SMILES string of the molecule is Cc1nc(-c2ccc(C#N)cc2)cn1C.Cc1nc(-c2ccc(CN)cc2)cn1C. The van der Waals surface area contributed by atoms with Gasteiger partial charge in [-0.15, -0.1) is 0 Å². The van der Waals surface area contributed by atoms with Gasteiger partial charge in [-0.3, -0.25) is 0 Å². The van der Waals surface area contributed by atoms with Crippen LogP contribution in [0.2, 0.25) is 0 Å². The fourth-order valence-electron chi connectivity index (χ4n) is 2.92. The molecule has 6 nitrogen and oxygen atoms in total. The molecule has 0 aliphatic rings. The largest absolute Gasteiger partial charge is 0.338 e. The third-order valence-corrected chi connectivity index (χ3v) is 5.01. The Bertz CT molecular complexity index is 1120. The minimum Gasteiger partial charge on any atom is -0.338 e. The molecule has 0 aliphatic carbocycles. The van der Waals surface area contributed by atoms with Gasteiger partial charge in [0.05, 0.1) is 23.0 Å². The first-order valence-electron chi connectivity index (χ1n) is 9.71. The number of imidazole rings is 2. The molecule has 4 aromatic rings. The third-order valence-electron chi connectivity index (χ3n) is 5.01. The smallest absolute Gasteiger partial charge is 0.105 e. The average Bonchev–Trinajstić information content (AvgIpc) is 3.29. The summed E-state index contributed by atoms with van der Waals surface area (Å²) in [5.41, 5.74) is 11.5. The van der Waals surface area contributed by atoms with Crippen LogP contribution in [0.3, 0.4) is 0 Å². The molecular formula is C24H26N6. The molecule has 0 fully saturated rings. The first-order chi connectivity index (χ1) is 14.4. The first-order valence-corrected chi connectivity index (χ1v) is 9.71. The van der Waals surface area contributed by atoms with Crippen LogP contribution in [-0.4, -0.2) is 19.1 Å². The normalized spacial score (nSPS) is 10.3. The predicted octanol–water partition coefficient (Wildman–Crippen LogP) is 4.12. The number of nitrogens with zero attached hydrogens (tertiary/aromatic N) is 5. The van der Waals surface area contributed by atoms with E-state index in [9.17, 15) is 0 Å². The maximum absolute atomic E-state index is 8.68. The molecule has 2 aromatic carbocycles. The van der Waals surface area contributed by atoms with Crippen LogP contribution in [-0.2, 0) is 20.6 Å². The van der Waals surface area contributed by atoms with Crippen molar-refractivity contribution < 1.29 is 0 Å². The minimum atomic E-state index is 0.585. The van der Waals surface area contributed by atoms with E-state index in [0.717, 1.165) is 39.7 Å². The van der Waals surface area contributed by atoms with Crippen LogP contribution in [0.25, 0.3) is 22.5 Å². The lowest BCUT2D eigenvalue weighted by molar-refractivity contribution is 0.858. The van der Waals surface area contributed by atoms with Gasteiger partial charge in [0.2, 0.25) is 0 Å². The molecule has 4 rings (SSSR count). The zero-order valence-corrected chi connectivity index (χ0v) is 17.8. The monoisotopic (exact) mass is 398 g/mol. The molecule has 0 spiro atoms. The van der Waals surface area contributed by atoms with E-state index in [1.807, 2.05) is 73.7 Å². The lowest BCUT2D eigenvalue weighted by Crippen LogP contribution is -1.95. The zero-order valence-electron chi connectivity index (χ0n) is 17.8. The van der Waals surface area contributed by atoms with Crippen molar-refractivity contribution in [2.75, 3.05) is 0 Å². The minimum absolute atomic E-state index is 0.585. The highest BCUT2D eigenvalue weighted by molar-refractivity contribution is 5.60. The van der Waals surface area contributed by atoms with Gasteiger partial charge in [0.15, 0.2) is 0 Å². The summed E-state index contributed by atoms with van der Waals surface area (Å²) in [5.74, 6) is 2.00. The van der Waals surface area contributed by atoms with Crippen molar-refractivity contribution in [2.24, 2.45) is 19.8 Å². The van der Waals surface area contributed by atoms with Crippen LogP contribution < -0.4 is 5.73 Å². The summed E-state index contributed by atoms with van der Waals surface area (Å²) in [6.07, 6.45) is 4.02. The molecule has 152 valence electrons. The molecule has 0 unspecified atom stereocenters. The highest BCUT2D eigenvalue weighted by atomic mass is 15.0. The van der Waals surface area contributed by atoms with Gasteiger partial charge in [-0.25, -0.2) is 9.97 Å². The second-order valence-electron chi connectivity index (χ2n) is 7.16. The van der Waals surface area contributed by atoms with Crippen molar-refractivity contribution in [2.45, 2.75) is 20.4 Å². The summed E-state index contributed by atoms with van der Waals surface area (Å²) in [6.45, 7) is 4.55. The predicted molar refractivity (Wildman–Crippen MR) is 119 cm³/mol. The number of nitrogens with two attached hydrogens (primary N) is 1. The van der Waals surface area contributed by atoms with Crippen molar-refractivity contribution in [3.63, 3.8) is 0 Å². The van der Waals surface area contributed by atoms with Crippen LogP contribution in [0.15, 0.2) is 60.9 Å². The van der Waals surface area contributed by atoms with Gasteiger partial charge in [-0.1, -0.05) is 36.4 Å². The van der Waals surface area contributed by atoms with Gasteiger partial charge in [-0.2, -0.15) is 5.26 Å². The second-order valence-corrected chi connectivity index (χ2v) is 7.16. The van der Waals surface area contributed by atoms with Gasteiger partial charge in [0.25, 0.3) is 0 Å². The Kier molecular flexibility index (Phi) is 6.45. The van der Waals surface area contributed by atoms with Gasteiger partial charge >= 0.3 is 0 Å². The Labute approximate surface area is 177 Å². The lowest BCUT2D eigenvalue weighted by Gasteiger charge is -1.98. The van der Waals surface area contributed by atoms with Crippen molar-refractivity contribution in [3.8, 4) is 28.6 Å². The fourth-order valence-corrected chi connectivity index (χ4v) is 2.92. The molecule has 30 heavy (non-hydrogen) atoms. The standard InChI is InChI=1S/C12H15N3.C12H11N3/c2*1-9-14-12(8-15(9)2)11-5-3-10(7-13)4-6-11/h3-6,8H,7,13H2,1-2H3;3-6,8H,1-2H3. The zero-order chi connectivity index (χ0) is 21.7. The van der Waals surface area contributed by atoms with Crippen LogP contribution in [0.4, 0.5) is 0 Å². The molecule has 2 N–H and O–H groups in total. The summed E-state index contributed by atoms with van der Waals surface area (Å²) >= 11 is 0. The van der Waals surface area contributed by atoms with E-state index in [0.29, 0.717) is 12.1 Å². The van der Waals surface area contributed by atoms with E-state index in [-0.39, 0.29) is 0 Å². The molecule has 0 atom stereocenters. The molecule has 2 aromatic heterocycles. The van der Waals surface area contributed by atoms with E-state index >= 15 is 0 Å². The van der Waals surface area contributed by atoms with Crippen LogP contribution >= 0.6 is 0 Å². The first kappa shape index (κ1) is 21.0. The Morgan fingerprint density at radius 1 is 0.800 bits per heavy atom. The summed E-state index contributed by atoms with van der Waals surface area (Å²) in [6, 6.07) is 17.7. The number of rotatable bonds is 3. The Hall–Kier alpha value is -3.69. The molecule has 0 bridgehead atoms. The Morgan fingerprint density at radius 2 is 1.23 bits per heavy atom.